The van der Waals surface area contributed by atoms with E-state index in [2.05, 4.69) is 15.9 Å². The zero-order valence-corrected chi connectivity index (χ0v) is 9.98. The van der Waals surface area contributed by atoms with Crippen molar-refractivity contribution in [2.45, 2.75) is 6.92 Å². The van der Waals surface area contributed by atoms with E-state index < -0.39 is 0 Å². The van der Waals surface area contributed by atoms with Gasteiger partial charge in [-0.3, -0.25) is 0 Å². The average Bonchev–Trinajstić information content (AvgIpc) is 2.56. The lowest BCUT2D eigenvalue weighted by Gasteiger charge is -1.96. The highest BCUT2D eigenvalue weighted by molar-refractivity contribution is 9.10. The normalized spacial score (nSPS) is 10.7. The molecule has 0 saturated heterocycles. The number of hydrogen-bond donors (Lipinski definition) is 1. The first-order valence-corrected chi connectivity index (χ1v) is 5.87. The molecule has 74 valence electrons. The molecule has 1 heterocycles. The summed E-state index contributed by atoms with van der Waals surface area (Å²) in [4.78, 5) is 0. The third-order valence-corrected chi connectivity index (χ3v) is 3.72. The van der Waals surface area contributed by atoms with Gasteiger partial charge in [-0.2, -0.15) is 0 Å². The highest BCUT2D eigenvalue weighted by Gasteiger charge is 2.08. The van der Waals surface area contributed by atoms with Gasteiger partial charge in [0, 0.05) is 16.2 Å². The monoisotopic (exact) mass is 272 g/mol. The third kappa shape index (κ3) is 1.60. The molecule has 0 amide bonds. The van der Waals surface area contributed by atoms with E-state index in [1.807, 2.05) is 19.1 Å². The van der Waals surface area contributed by atoms with Gasteiger partial charge in [0.2, 0.25) is 0 Å². The smallest absolute Gasteiger partial charge is 0.174 e. The molecule has 0 fully saturated rings. The summed E-state index contributed by atoms with van der Waals surface area (Å²) < 4.78 is 7.24. The van der Waals surface area contributed by atoms with E-state index in [0.29, 0.717) is 6.61 Å². The van der Waals surface area contributed by atoms with Gasteiger partial charge in [0.15, 0.2) is 5.06 Å². The van der Waals surface area contributed by atoms with E-state index in [4.69, 9.17) is 4.74 Å². The number of thiophene rings is 1. The van der Waals surface area contributed by atoms with E-state index in [0.717, 1.165) is 19.6 Å². The number of phenolic OH excluding ortho intramolecular Hbond substituents is 1. The van der Waals surface area contributed by atoms with E-state index >= 15 is 0 Å². The molecular formula is C10H9BrO2S. The van der Waals surface area contributed by atoms with Crippen LogP contribution in [0, 0.1) is 0 Å². The van der Waals surface area contributed by atoms with Gasteiger partial charge < -0.3 is 9.84 Å². The molecule has 0 aliphatic heterocycles. The number of phenols is 1. The van der Waals surface area contributed by atoms with Crippen molar-refractivity contribution >= 4 is 37.4 Å². The van der Waals surface area contributed by atoms with Gasteiger partial charge in [0.05, 0.1) is 11.1 Å². The minimum absolute atomic E-state index is 0.262. The maximum atomic E-state index is 9.47. The summed E-state index contributed by atoms with van der Waals surface area (Å²) in [7, 11) is 0. The fraction of sp³-hybridized carbons (Fsp3) is 0.200. The molecule has 0 radical (unpaired) electrons. The van der Waals surface area contributed by atoms with Crippen molar-refractivity contribution in [3.63, 3.8) is 0 Å². The molecule has 4 heteroatoms. The van der Waals surface area contributed by atoms with Crippen LogP contribution in [-0.4, -0.2) is 11.7 Å². The average molecular weight is 273 g/mol. The molecule has 0 aliphatic carbocycles. The predicted molar refractivity (Wildman–Crippen MR) is 62.4 cm³/mol. The lowest BCUT2D eigenvalue weighted by molar-refractivity contribution is 0.350. The summed E-state index contributed by atoms with van der Waals surface area (Å²) >= 11 is 4.93. The number of benzene rings is 1. The molecule has 2 nitrogen and oxygen atoms in total. The Balaban J connectivity index is 2.59. The standard InChI is InChI=1S/C10H9BrO2S/c1-2-13-9-5-6-8(14-9)4-3-7(12)10(6)11/h3-5,12H,2H2,1H3. The van der Waals surface area contributed by atoms with Gasteiger partial charge in [0.1, 0.15) is 5.75 Å². The van der Waals surface area contributed by atoms with Crippen molar-refractivity contribution in [2.24, 2.45) is 0 Å². The molecule has 0 atom stereocenters. The minimum atomic E-state index is 0.262. The summed E-state index contributed by atoms with van der Waals surface area (Å²) in [6.07, 6.45) is 0. The van der Waals surface area contributed by atoms with Crippen molar-refractivity contribution in [3.05, 3.63) is 22.7 Å². The molecule has 0 saturated carbocycles. The Morgan fingerprint density at radius 3 is 3.00 bits per heavy atom. The first-order chi connectivity index (χ1) is 6.72. The molecule has 1 N–H and O–H groups in total. The lowest BCUT2D eigenvalue weighted by Crippen LogP contribution is -1.86. The van der Waals surface area contributed by atoms with Gasteiger partial charge in [-0.15, -0.1) is 0 Å². The Kier molecular flexibility index (Phi) is 2.65. The Bertz CT molecular complexity index is 464. The number of rotatable bonds is 2. The van der Waals surface area contributed by atoms with Crippen LogP contribution in [0.4, 0.5) is 0 Å². The van der Waals surface area contributed by atoms with Crippen LogP contribution in [0.25, 0.3) is 10.1 Å². The van der Waals surface area contributed by atoms with Crippen molar-refractivity contribution in [1.82, 2.24) is 0 Å². The van der Waals surface area contributed by atoms with Crippen molar-refractivity contribution < 1.29 is 9.84 Å². The molecule has 0 aliphatic rings. The van der Waals surface area contributed by atoms with Crippen LogP contribution in [0.15, 0.2) is 22.7 Å². The number of aromatic hydroxyl groups is 1. The predicted octanol–water partition coefficient (Wildman–Crippen LogP) is 3.77. The van der Waals surface area contributed by atoms with Crippen LogP contribution >= 0.6 is 27.3 Å². The van der Waals surface area contributed by atoms with Gasteiger partial charge >= 0.3 is 0 Å². The maximum Gasteiger partial charge on any atom is 0.174 e. The van der Waals surface area contributed by atoms with E-state index in [1.165, 1.54) is 0 Å². The second-order valence-electron chi connectivity index (χ2n) is 2.81. The number of hydrogen-bond acceptors (Lipinski definition) is 3. The SMILES string of the molecule is CCOc1cc2c(Br)c(O)ccc2s1. The van der Waals surface area contributed by atoms with Crippen molar-refractivity contribution in [2.75, 3.05) is 6.61 Å². The number of halogens is 1. The quantitative estimate of drug-likeness (QED) is 0.902. The molecule has 0 bridgehead atoms. The molecule has 0 unspecified atom stereocenters. The molecule has 14 heavy (non-hydrogen) atoms. The molecule has 0 spiro atoms. The highest BCUT2D eigenvalue weighted by Crippen LogP contribution is 2.39. The fourth-order valence-electron chi connectivity index (χ4n) is 1.26. The first-order valence-electron chi connectivity index (χ1n) is 4.26. The zero-order valence-electron chi connectivity index (χ0n) is 7.58. The van der Waals surface area contributed by atoms with E-state index in [1.54, 1.807) is 17.4 Å². The summed E-state index contributed by atoms with van der Waals surface area (Å²) in [5.74, 6) is 0.262. The Hall–Kier alpha value is -0.740. The fourth-order valence-corrected chi connectivity index (χ4v) is 2.83. The maximum absolute atomic E-state index is 9.47. The second-order valence-corrected chi connectivity index (χ2v) is 4.65. The lowest BCUT2D eigenvalue weighted by atomic mass is 10.2. The second kappa shape index (κ2) is 3.79. The van der Waals surface area contributed by atoms with Crippen LogP contribution in [0.3, 0.4) is 0 Å². The molecule has 2 rings (SSSR count). The Labute approximate surface area is 94.3 Å². The van der Waals surface area contributed by atoms with Crippen LogP contribution in [0.1, 0.15) is 6.92 Å². The third-order valence-electron chi connectivity index (χ3n) is 1.88. The topological polar surface area (TPSA) is 29.5 Å². The van der Waals surface area contributed by atoms with Crippen LogP contribution < -0.4 is 4.74 Å². The number of fused-ring (bicyclic) bond motifs is 1. The number of ether oxygens (including phenoxy) is 1. The van der Waals surface area contributed by atoms with Crippen LogP contribution in [0.5, 0.6) is 10.8 Å². The zero-order chi connectivity index (χ0) is 10.1. The minimum Gasteiger partial charge on any atom is -0.507 e. The van der Waals surface area contributed by atoms with Gasteiger partial charge in [-0.05, 0) is 35.0 Å². The van der Waals surface area contributed by atoms with Crippen LogP contribution in [0.2, 0.25) is 0 Å². The van der Waals surface area contributed by atoms with Gasteiger partial charge in [0.25, 0.3) is 0 Å². The van der Waals surface area contributed by atoms with Gasteiger partial charge in [-0.1, -0.05) is 11.3 Å². The van der Waals surface area contributed by atoms with E-state index in [-0.39, 0.29) is 5.75 Å². The van der Waals surface area contributed by atoms with Crippen LogP contribution in [-0.2, 0) is 0 Å². The van der Waals surface area contributed by atoms with Crippen molar-refractivity contribution in [1.29, 1.82) is 0 Å². The summed E-state index contributed by atoms with van der Waals surface area (Å²) in [6.45, 7) is 2.62. The van der Waals surface area contributed by atoms with E-state index in [9.17, 15) is 5.11 Å². The summed E-state index contributed by atoms with van der Waals surface area (Å²) in [5.41, 5.74) is 0. The molecule has 1 aromatic heterocycles. The largest absolute Gasteiger partial charge is 0.507 e. The summed E-state index contributed by atoms with van der Waals surface area (Å²) in [6, 6.07) is 5.51. The molecule has 1 aromatic carbocycles. The highest BCUT2D eigenvalue weighted by atomic mass is 79.9. The van der Waals surface area contributed by atoms with Gasteiger partial charge in [-0.25, -0.2) is 0 Å². The van der Waals surface area contributed by atoms with Crippen molar-refractivity contribution in [3.8, 4) is 10.8 Å². The summed E-state index contributed by atoms with van der Waals surface area (Å²) in [5, 5.41) is 11.4. The molecule has 2 aromatic rings. The Morgan fingerprint density at radius 1 is 1.50 bits per heavy atom. The first kappa shape index (κ1) is 9.80. The molecular weight excluding hydrogens is 264 g/mol. The Morgan fingerprint density at radius 2 is 2.29 bits per heavy atom.